The fraction of sp³-hybridized carbons (Fsp3) is 0.111. The third kappa shape index (κ3) is 2.37. The molecule has 1 aromatic carbocycles. The average Bonchev–Trinajstić information content (AvgIpc) is 2.63. The Hall–Kier alpha value is -1.46. The number of nitrogen functional groups attached to an aromatic ring is 1. The molecule has 84 valence electrons. The molecule has 5 nitrogen and oxygen atoms in total. The number of halogens is 2. The maximum atomic E-state index is 5.95. The third-order valence-corrected chi connectivity index (χ3v) is 2.45. The van der Waals surface area contributed by atoms with Crippen molar-refractivity contribution in [2.45, 2.75) is 6.61 Å². The quantitative estimate of drug-likeness (QED) is 0.917. The van der Waals surface area contributed by atoms with E-state index >= 15 is 0 Å². The molecular weight excluding hydrogens is 253 g/mol. The van der Waals surface area contributed by atoms with Crippen molar-refractivity contribution >= 4 is 29.0 Å². The highest BCUT2D eigenvalue weighted by atomic mass is 35.5. The lowest BCUT2D eigenvalue weighted by atomic mass is 10.2. The molecule has 0 saturated heterocycles. The van der Waals surface area contributed by atoms with E-state index in [2.05, 4.69) is 14.9 Å². The predicted molar refractivity (Wildman–Crippen MR) is 59.5 cm³/mol. The van der Waals surface area contributed by atoms with Gasteiger partial charge in [-0.3, -0.25) is 0 Å². The number of ether oxygens (including phenoxy) is 1. The van der Waals surface area contributed by atoms with E-state index in [1.165, 1.54) is 0 Å². The second-order valence-corrected chi connectivity index (χ2v) is 3.82. The third-order valence-electron chi connectivity index (χ3n) is 1.86. The largest absolute Gasteiger partial charge is 0.468 e. The molecule has 0 aliphatic heterocycles. The maximum Gasteiger partial charge on any atom is 0.300 e. The number of benzene rings is 1. The van der Waals surface area contributed by atoms with E-state index < -0.39 is 0 Å². The summed E-state index contributed by atoms with van der Waals surface area (Å²) in [5.41, 5.74) is 6.19. The van der Waals surface area contributed by atoms with Gasteiger partial charge in [-0.15, -0.1) is 0 Å². The minimum absolute atomic E-state index is 0.102. The standard InChI is InChI=1S/C9H7Cl2N3O2/c10-6-2-1-5(7(11)3-6)4-15-9-8(12)13-16-14-9/h1-3H,4H2,(H2,12,13). The first kappa shape index (κ1) is 11.0. The zero-order valence-electron chi connectivity index (χ0n) is 7.98. The summed E-state index contributed by atoms with van der Waals surface area (Å²) in [6, 6.07) is 5.11. The molecule has 1 heterocycles. The topological polar surface area (TPSA) is 74.2 Å². The van der Waals surface area contributed by atoms with Crippen LogP contribution in [0.4, 0.5) is 5.82 Å². The monoisotopic (exact) mass is 259 g/mol. The Kier molecular flexibility index (Phi) is 3.17. The lowest BCUT2D eigenvalue weighted by Gasteiger charge is -2.04. The molecule has 0 aliphatic rings. The van der Waals surface area contributed by atoms with E-state index in [0.29, 0.717) is 10.0 Å². The summed E-state index contributed by atoms with van der Waals surface area (Å²) >= 11 is 11.7. The van der Waals surface area contributed by atoms with E-state index in [-0.39, 0.29) is 18.3 Å². The molecule has 0 unspecified atom stereocenters. The van der Waals surface area contributed by atoms with Crippen LogP contribution < -0.4 is 10.5 Å². The Morgan fingerprint density at radius 3 is 2.75 bits per heavy atom. The Morgan fingerprint density at radius 1 is 1.31 bits per heavy atom. The van der Waals surface area contributed by atoms with E-state index in [4.69, 9.17) is 33.7 Å². The Labute approximate surface area is 101 Å². The van der Waals surface area contributed by atoms with Crippen molar-refractivity contribution in [2.24, 2.45) is 0 Å². The van der Waals surface area contributed by atoms with Crippen LogP contribution in [0.15, 0.2) is 22.8 Å². The molecule has 0 aliphatic carbocycles. The number of hydrogen-bond acceptors (Lipinski definition) is 5. The van der Waals surface area contributed by atoms with Crippen molar-refractivity contribution < 1.29 is 9.37 Å². The van der Waals surface area contributed by atoms with E-state index in [9.17, 15) is 0 Å². The maximum absolute atomic E-state index is 5.95. The van der Waals surface area contributed by atoms with Crippen LogP contribution >= 0.6 is 23.2 Å². The van der Waals surface area contributed by atoms with Crippen LogP contribution in [-0.4, -0.2) is 10.3 Å². The average molecular weight is 260 g/mol. The SMILES string of the molecule is Nc1nonc1OCc1ccc(Cl)cc1Cl. The molecule has 0 bridgehead atoms. The minimum atomic E-state index is 0.102. The van der Waals surface area contributed by atoms with Crippen molar-refractivity contribution in [2.75, 3.05) is 5.73 Å². The molecule has 0 saturated carbocycles. The van der Waals surface area contributed by atoms with Crippen LogP contribution in [0.5, 0.6) is 5.88 Å². The first-order valence-corrected chi connectivity index (χ1v) is 5.07. The van der Waals surface area contributed by atoms with Crippen LogP contribution in [0.2, 0.25) is 10.0 Å². The first-order chi connectivity index (χ1) is 7.66. The van der Waals surface area contributed by atoms with Crippen LogP contribution in [0, 0.1) is 0 Å². The molecule has 16 heavy (non-hydrogen) atoms. The second-order valence-electron chi connectivity index (χ2n) is 2.98. The lowest BCUT2D eigenvalue weighted by molar-refractivity contribution is 0.249. The van der Waals surface area contributed by atoms with Crippen molar-refractivity contribution in [3.05, 3.63) is 33.8 Å². The summed E-state index contributed by atoms with van der Waals surface area (Å²) in [6.07, 6.45) is 0. The molecule has 2 N–H and O–H groups in total. The van der Waals surface area contributed by atoms with Crippen LogP contribution in [0.25, 0.3) is 0 Å². The van der Waals surface area contributed by atoms with E-state index in [0.717, 1.165) is 5.56 Å². The molecule has 0 spiro atoms. The highest BCUT2D eigenvalue weighted by Crippen LogP contribution is 2.23. The van der Waals surface area contributed by atoms with Crippen LogP contribution in [0.3, 0.4) is 0 Å². The Bertz CT molecular complexity index is 501. The van der Waals surface area contributed by atoms with Gasteiger partial charge in [0.05, 0.1) is 0 Å². The Morgan fingerprint density at radius 2 is 2.12 bits per heavy atom. The number of rotatable bonds is 3. The van der Waals surface area contributed by atoms with Gasteiger partial charge in [0, 0.05) is 15.6 Å². The first-order valence-electron chi connectivity index (χ1n) is 4.31. The second kappa shape index (κ2) is 4.59. The number of hydrogen-bond donors (Lipinski definition) is 1. The minimum Gasteiger partial charge on any atom is -0.468 e. The summed E-state index contributed by atoms with van der Waals surface area (Å²) in [4.78, 5) is 0. The molecule has 0 amide bonds. The number of nitrogens with two attached hydrogens (primary N) is 1. The van der Waals surface area contributed by atoms with Crippen molar-refractivity contribution in [1.82, 2.24) is 10.3 Å². The molecule has 2 rings (SSSR count). The zero-order chi connectivity index (χ0) is 11.5. The summed E-state index contributed by atoms with van der Waals surface area (Å²) < 4.78 is 9.64. The fourth-order valence-corrected chi connectivity index (χ4v) is 1.54. The molecule has 1 aromatic heterocycles. The van der Waals surface area contributed by atoms with Gasteiger partial charge in [-0.1, -0.05) is 29.3 Å². The molecule has 0 fully saturated rings. The van der Waals surface area contributed by atoms with Gasteiger partial charge in [0.25, 0.3) is 0 Å². The molecule has 0 radical (unpaired) electrons. The normalized spacial score (nSPS) is 10.4. The Balaban J connectivity index is 2.08. The number of nitrogens with zero attached hydrogens (tertiary/aromatic N) is 2. The summed E-state index contributed by atoms with van der Waals surface area (Å²) in [5, 5.41) is 7.94. The number of anilines is 1. The van der Waals surface area contributed by atoms with Gasteiger partial charge in [-0.2, -0.15) is 0 Å². The molecule has 2 aromatic rings. The van der Waals surface area contributed by atoms with Gasteiger partial charge in [-0.05, 0) is 22.4 Å². The number of aromatic nitrogens is 2. The molecule has 0 atom stereocenters. The summed E-state index contributed by atoms with van der Waals surface area (Å²) in [5.74, 6) is 0.246. The summed E-state index contributed by atoms with van der Waals surface area (Å²) in [7, 11) is 0. The molecule has 7 heteroatoms. The van der Waals surface area contributed by atoms with E-state index in [1.807, 2.05) is 0 Å². The van der Waals surface area contributed by atoms with Gasteiger partial charge >= 0.3 is 5.88 Å². The highest BCUT2D eigenvalue weighted by molar-refractivity contribution is 6.35. The van der Waals surface area contributed by atoms with E-state index in [1.54, 1.807) is 18.2 Å². The smallest absolute Gasteiger partial charge is 0.300 e. The van der Waals surface area contributed by atoms with Crippen LogP contribution in [0.1, 0.15) is 5.56 Å². The van der Waals surface area contributed by atoms with Crippen molar-refractivity contribution in [1.29, 1.82) is 0 Å². The van der Waals surface area contributed by atoms with Crippen LogP contribution in [-0.2, 0) is 6.61 Å². The summed E-state index contributed by atoms with van der Waals surface area (Å²) in [6.45, 7) is 0.217. The van der Waals surface area contributed by atoms with Gasteiger partial charge in [0.2, 0.25) is 5.82 Å². The fourth-order valence-electron chi connectivity index (χ4n) is 1.07. The zero-order valence-corrected chi connectivity index (χ0v) is 9.50. The van der Waals surface area contributed by atoms with Gasteiger partial charge in [-0.25, -0.2) is 4.63 Å². The van der Waals surface area contributed by atoms with Crippen molar-refractivity contribution in [3.8, 4) is 5.88 Å². The molecular formula is C9H7Cl2N3O2. The van der Waals surface area contributed by atoms with Gasteiger partial charge in [0.15, 0.2) is 0 Å². The predicted octanol–water partition coefficient (Wildman–Crippen LogP) is 2.54. The van der Waals surface area contributed by atoms with Gasteiger partial charge < -0.3 is 10.5 Å². The lowest BCUT2D eigenvalue weighted by Crippen LogP contribution is -1.99. The van der Waals surface area contributed by atoms with Gasteiger partial charge in [0.1, 0.15) is 6.61 Å². The highest BCUT2D eigenvalue weighted by Gasteiger charge is 2.08. The van der Waals surface area contributed by atoms with Crippen molar-refractivity contribution in [3.63, 3.8) is 0 Å².